The van der Waals surface area contributed by atoms with E-state index >= 15 is 0 Å². The molecule has 0 aromatic heterocycles. The zero-order valence-electron chi connectivity index (χ0n) is 83.4. The molecule has 0 aromatic carbocycles. The maximum Gasteiger partial charge on any atom is 0.243 e. The molecule has 1 aliphatic heterocycles. The van der Waals surface area contributed by atoms with E-state index in [1.54, 1.807) is 0 Å². The largest absolute Gasteiger partial charge is 0.368 e. The average Bonchev–Trinajstić information content (AvgIpc) is 1.66. The molecule has 1 saturated heterocycles. The molecular formula is C93H173N23O18. The number of rotatable bonds is 72. The Labute approximate surface area is 795 Å². The van der Waals surface area contributed by atoms with Crippen LogP contribution in [-0.4, -0.2) is 248 Å². The van der Waals surface area contributed by atoms with E-state index in [1.807, 2.05) is 111 Å². The van der Waals surface area contributed by atoms with Gasteiger partial charge in [0, 0.05) is 12.8 Å². The number of amides is 18. The summed E-state index contributed by atoms with van der Waals surface area (Å²) in [6.07, 6.45) is 5.35. The monoisotopic (exact) mass is 1900 g/mol. The summed E-state index contributed by atoms with van der Waals surface area (Å²) < 4.78 is 0. The number of hydrogen-bond donors (Lipinski definition) is 22. The van der Waals surface area contributed by atoms with Crippen LogP contribution in [0.1, 0.15) is 297 Å². The first kappa shape index (κ1) is 122. The van der Waals surface area contributed by atoms with E-state index < -0.39 is 204 Å². The molecule has 1 aliphatic rings. The van der Waals surface area contributed by atoms with Crippen molar-refractivity contribution in [1.82, 2.24) is 84.7 Å². The Bertz CT molecular complexity index is 3660. The third-order valence-corrected chi connectivity index (χ3v) is 22.4. The molecule has 134 heavy (non-hydrogen) atoms. The number of carbonyl (C=O) groups excluding carboxylic acids is 18. The van der Waals surface area contributed by atoms with Gasteiger partial charge in [-0.1, -0.05) is 111 Å². The second-order valence-corrected chi connectivity index (χ2v) is 39.1. The van der Waals surface area contributed by atoms with Gasteiger partial charge in [0.15, 0.2) is 0 Å². The van der Waals surface area contributed by atoms with E-state index in [-0.39, 0.29) is 189 Å². The van der Waals surface area contributed by atoms with E-state index in [2.05, 4.69) is 79.8 Å². The molecule has 1 rings (SSSR count). The zero-order chi connectivity index (χ0) is 102. The van der Waals surface area contributed by atoms with Gasteiger partial charge in [-0.05, 0) is 260 Å². The quantitative estimate of drug-likeness (QED) is 0.0283. The average molecular weight is 1900 g/mol. The molecule has 0 bridgehead atoms. The Morgan fingerprint density at radius 1 is 0.231 bits per heavy atom. The van der Waals surface area contributed by atoms with Crippen LogP contribution >= 0.6 is 0 Å². The van der Waals surface area contributed by atoms with Crippen molar-refractivity contribution in [2.75, 3.05) is 45.8 Å². The van der Waals surface area contributed by atoms with E-state index in [0.717, 1.165) is 4.90 Å². The number of carbonyl (C=O) groups is 18. The maximum atomic E-state index is 15.0. The second kappa shape index (κ2) is 66.8. The highest BCUT2D eigenvalue weighted by Gasteiger charge is 2.43. The normalized spacial score (nSPS) is 15.6. The van der Waals surface area contributed by atoms with Gasteiger partial charge in [-0.15, -0.1) is 0 Å². The van der Waals surface area contributed by atoms with Crippen molar-refractivity contribution in [1.29, 1.82) is 0 Å². The lowest BCUT2D eigenvalue weighted by Gasteiger charge is -2.30. The third kappa shape index (κ3) is 49.8. The first-order chi connectivity index (χ1) is 63.1. The molecular weight excluding hydrogens is 1730 g/mol. The van der Waals surface area contributed by atoms with Crippen LogP contribution in [0.5, 0.6) is 0 Å². The van der Waals surface area contributed by atoms with Crippen molar-refractivity contribution in [3.63, 3.8) is 0 Å². The highest BCUT2D eigenvalue weighted by molar-refractivity contribution is 6.06. The van der Waals surface area contributed by atoms with Gasteiger partial charge in [0.25, 0.3) is 0 Å². The Hall–Kier alpha value is -9.58. The number of nitrogens with one attached hydrogen (secondary N) is 15. The van der Waals surface area contributed by atoms with Gasteiger partial charge in [-0.25, -0.2) is 0 Å². The minimum Gasteiger partial charge on any atom is -0.368 e. The molecule has 768 valence electrons. The smallest absolute Gasteiger partial charge is 0.243 e. The Morgan fingerprint density at radius 3 is 0.567 bits per heavy atom. The van der Waals surface area contributed by atoms with Crippen LogP contribution in [0.4, 0.5) is 0 Å². The summed E-state index contributed by atoms with van der Waals surface area (Å²) in [6.45, 7) is 31.5. The van der Waals surface area contributed by atoms with Crippen molar-refractivity contribution in [3.05, 3.63) is 0 Å². The molecule has 0 aromatic rings. The molecule has 15 atom stereocenters. The second-order valence-electron chi connectivity index (χ2n) is 39.1. The van der Waals surface area contributed by atoms with Gasteiger partial charge in [-0.2, -0.15) is 0 Å². The lowest BCUT2D eigenvalue weighted by Crippen LogP contribution is -2.61. The fourth-order valence-corrected chi connectivity index (χ4v) is 15.5. The number of unbranched alkanes of at least 4 members (excludes halogenated alkanes) is 6. The SMILES string of the molecule is CC(C)C[C@H](NC(=O)[C@H](CCCCN)NC(=O)[C@H](CC(C)C)NC(=O)[C@H](CC(C)C)NC(=O)[C@H](CCCCN)NC(=O)[C@H](CCCCN)NC(=O)[C@H](CC(C)C)NC(=O)[C@H](CC(C)C)NC(=O)[C@H](CCCCN)NC(=O)[C@H](CC(C)C)NC(=O)[C@H](CC(C)C)NC(=O)[C@H](CCCCN)NC(=O)[C@H](CCCCN)NC(=O)[C@H](CC(C)C)N1C(=O)CCC1=O)C(=O)N[C@@H](C)C(=O)NCC(N)=O. The molecule has 0 unspecified atom stereocenters. The van der Waals surface area contributed by atoms with Crippen LogP contribution in [0.15, 0.2) is 0 Å². The van der Waals surface area contributed by atoms with Crippen LogP contribution in [0.3, 0.4) is 0 Å². The van der Waals surface area contributed by atoms with Gasteiger partial charge >= 0.3 is 0 Å². The fraction of sp³-hybridized carbons (Fsp3) is 0.806. The summed E-state index contributed by atoms with van der Waals surface area (Å²) in [4.78, 5) is 256. The number of hydrogen-bond acceptors (Lipinski definition) is 24. The molecule has 29 N–H and O–H groups in total. The molecule has 0 radical (unpaired) electrons. The van der Waals surface area contributed by atoms with Crippen molar-refractivity contribution in [2.45, 2.75) is 388 Å². The predicted molar refractivity (Wildman–Crippen MR) is 513 cm³/mol. The standard InChI is InChI=1S/C93H173N23O18/c1-53(2)44-68(86(127)102-61(17)79(120)101-52-76(100)117)109-84(125)65(33-21-27-41-97)106-88(129)70(46-55(5)6)114-90(131)72(48-57(9)10)110-82(123)63(31-19-25-39-95)103-80(121)62(30-18-24-38-94)105-87(128)69(45-54(3)4)113-92(133)74(50-59(13)14)112-85(126)66(34-22-28-42-98)107-89(130)71(47-56(7)8)115-91(132)73(49-58(11)12)111-83(124)64(32-20-26-40-96)104-81(122)67(35-23-29-43-99)108-93(134)75(51-60(15)16)116-77(118)36-37-78(116)119/h53-75H,18-52,94-99H2,1-17H3,(H2,100,117)(H,101,120)(H,102,127)(H,103,121)(H,104,122)(H,105,128)(H,106,129)(H,107,130)(H,108,134)(H,109,125)(H,110,123)(H,111,124)(H,112,126)(H,113,133)(H,114,131)(H,115,132)/t61-,62-,63-,64-,65-,66-,67-,68-,69-,70-,71-,72-,73-,74-,75-/m0/s1. The molecule has 0 saturated carbocycles. The van der Waals surface area contributed by atoms with Gasteiger partial charge in [-0.3, -0.25) is 91.2 Å². The third-order valence-electron chi connectivity index (χ3n) is 22.4. The lowest BCUT2D eigenvalue weighted by atomic mass is 9.98. The minimum atomic E-state index is -1.34. The summed E-state index contributed by atoms with van der Waals surface area (Å²) >= 11 is 0. The Balaban J connectivity index is 3.81. The van der Waals surface area contributed by atoms with Crippen molar-refractivity contribution >= 4 is 106 Å². The summed E-state index contributed by atoms with van der Waals surface area (Å²) in [5, 5.41) is 41.4. The number of primary amides is 1. The highest BCUT2D eigenvalue weighted by Crippen LogP contribution is 2.24. The summed E-state index contributed by atoms with van der Waals surface area (Å²) in [7, 11) is 0. The van der Waals surface area contributed by atoms with Crippen LogP contribution in [0, 0.1) is 47.3 Å². The van der Waals surface area contributed by atoms with Crippen LogP contribution in [0.2, 0.25) is 0 Å². The lowest BCUT2D eigenvalue weighted by molar-refractivity contribution is -0.148. The molecule has 0 aliphatic carbocycles. The predicted octanol–water partition coefficient (Wildman–Crippen LogP) is 0.0554. The summed E-state index contributed by atoms with van der Waals surface area (Å²) in [6, 6.07) is -19.2. The van der Waals surface area contributed by atoms with E-state index in [4.69, 9.17) is 40.1 Å². The van der Waals surface area contributed by atoms with E-state index in [9.17, 15) is 86.3 Å². The highest BCUT2D eigenvalue weighted by atomic mass is 16.2. The maximum absolute atomic E-state index is 15.0. The molecule has 41 nitrogen and oxygen atoms in total. The van der Waals surface area contributed by atoms with E-state index in [1.165, 1.54) is 6.92 Å². The first-order valence-electron chi connectivity index (χ1n) is 49.0. The summed E-state index contributed by atoms with van der Waals surface area (Å²) in [5.74, 6) is -14.9. The molecule has 1 heterocycles. The zero-order valence-corrected chi connectivity index (χ0v) is 83.4. The number of likely N-dealkylation sites (tertiary alicyclic amines) is 1. The minimum absolute atomic E-state index is 0.00666. The van der Waals surface area contributed by atoms with Gasteiger partial charge in [0.2, 0.25) is 106 Å². The number of nitrogens with two attached hydrogens (primary N) is 7. The summed E-state index contributed by atoms with van der Waals surface area (Å²) in [5.41, 5.74) is 40.6. The van der Waals surface area contributed by atoms with Gasteiger partial charge in [0.05, 0.1) is 6.54 Å². The van der Waals surface area contributed by atoms with Crippen LogP contribution in [-0.2, 0) is 86.3 Å². The van der Waals surface area contributed by atoms with Gasteiger partial charge in [0.1, 0.15) is 90.6 Å². The molecule has 18 amide bonds. The van der Waals surface area contributed by atoms with Crippen LogP contribution in [0.25, 0.3) is 0 Å². The Morgan fingerprint density at radius 2 is 0.396 bits per heavy atom. The Kier molecular flexibility index (Phi) is 61.0. The molecule has 1 fully saturated rings. The van der Waals surface area contributed by atoms with Crippen LogP contribution < -0.4 is 120 Å². The molecule has 0 spiro atoms. The molecule has 41 heteroatoms. The van der Waals surface area contributed by atoms with Crippen molar-refractivity contribution in [2.24, 2.45) is 87.5 Å². The number of nitrogens with zero attached hydrogens (tertiary/aromatic N) is 1. The van der Waals surface area contributed by atoms with Crippen molar-refractivity contribution < 1.29 is 86.3 Å². The van der Waals surface area contributed by atoms with Crippen molar-refractivity contribution in [3.8, 4) is 0 Å². The first-order valence-corrected chi connectivity index (χ1v) is 49.0. The topological polar surface area (TPSA) is 673 Å². The fourth-order valence-electron chi connectivity index (χ4n) is 15.5. The number of imide groups is 1. The van der Waals surface area contributed by atoms with E-state index in [0.29, 0.717) is 77.0 Å². The van der Waals surface area contributed by atoms with Gasteiger partial charge < -0.3 is 120 Å².